The van der Waals surface area contributed by atoms with Crippen LogP contribution in [0.25, 0.3) is 33.4 Å². The van der Waals surface area contributed by atoms with Gasteiger partial charge in [-0.15, -0.1) is 0 Å². The predicted octanol–water partition coefficient (Wildman–Crippen LogP) is 4.37. The number of rotatable bonds is 4. The van der Waals surface area contributed by atoms with Crippen LogP contribution in [0, 0.1) is 12.9 Å². The van der Waals surface area contributed by atoms with Crippen LogP contribution in [0.5, 0.6) is 5.75 Å². The summed E-state index contributed by atoms with van der Waals surface area (Å²) in [4.78, 5) is 18.7. The number of hydrogen-bond acceptors (Lipinski definition) is 6. The molecule has 164 valence electrons. The van der Waals surface area contributed by atoms with Crippen molar-refractivity contribution in [1.29, 1.82) is 0 Å². The van der Waals surface area contributed by atoms with Crippen molar-refractivity contribution in [2.45, 2.75) is 19.9 Å². The van der Waals surface area contributed by atoms with Crippen molar-refractivity contribution in [1.82, 2.24) is 19.9 Å². The van der Waals surface area contributed by atoms with Crippen LogP contribution in [0.1, 0.15) is 12.5 Å². The maximum atomic E-state index is 15.0. The molecule has 7 nitrogen and oxygen atoms in total. The topological polar surface area (TPSA) is 76.2 Å². The number of anilines is 1. The molecular weight excluding hydrogens is 409 g/mol. The van der Waals surface area contributed by atoms with Crippen molar-refractivity contribution < 1.29 is 13.9 Å². The summed E-state index contributed by atoms with van der Waals surface area (Å²) in [6.45, 7) is 6.02. The van der Waals surface area contributed by atoms with Gasteiger partial charge in [-0.1, -0.05) is 0 Å². The summed E-state index contributed by atoms with van der Waals surface area (Å²) >= 11 is 0. The highest BCUT2D eigenvalue weighted by Gasteiger charge is 2.23. The molecule has 1 aliphatic rings. The Bertz CT molecular complexity index is 1290. The number of aryl methyl sites for hydroxylation is 1. The molecule has 0 aliphatic carbocycles. The summed E-state index contributed by atoms with van der Waals surface area (Å²) in [7, 11) is 1.62. The molecule has 0 amide bonds. The van der Waals surface area contributed by atoms with Crippen LogP contribution < -0.4 is 9.64 Å². The number of methoxy groups -OCH3 is 1. The summed E-state index contributed by atoms with van der Waals surface area (Å²) in [6, 6.07) is 7.82. The number of ether oxygens (including phenoxy) is 2. The molecule has 8 heteroatoms. The van der Waals surface area contributed by atoms with Crippen molar-refractivity contribution in [3.63, 3.8) is 0 Å². The zero-order chi connectivity index (χ0) is 22.2. The number of fused-ring (bicyclic) bond motifs is 1. The van der Waals surface area contributed by atoms with Crippen molar-refractivity contribution in [2.75, 3.05) is 31.8 Å². The zero-order valence-corrected chi connectivity index (χ0v) is 18.2. The lowest BCUT2D eigenvalue weighted by atomic mass is 10.0. The second-order valence-electron chi connectivity index (χ2n) is 7.99. The van der Waals surface area contributed by atoms with Gasteiger partial charge in [-0.2, -0.15) is 4.39 Å². The Labute approximate surface area is 185 Å². The molecule has 5 heterocycles. The van der Waals surface area contributed by atoms with Gasteiger partial charge < -0.3 is 19.4 Å². The molecule has 1 atom stereocenters. The average molecular weight is 433 g/mol. The van der Waals surface area contributed by atoms with Crippen molar-refractivity contribution in [3.8, 4) is 28.3 Å². The van der Waals surface area contributed by atoms with E-state index in [4.69, 9.17) is 14.5 Å². The third-order valence-corrected chi connectivity index (χ3v) is 5.85. The van der Waals surface area contributed by atoms with Gasteiger partial charge >= 0.3 is 0 Å². The molecule has 4 aromatic rings. The van der Waals surface area contributed by atoms with Crippen molar-refractivity contribution in [3.05, 3.63) is 54.4 Å². The van der Waals surface area contributed by atoms with Gasteiger partial charge in [-0.05, 0) is 43.7 Å². The summed E-state index contributed by atoms with van der Waals surface area (Å²) in [5.41, 5.74) is 4.26. The highest BCUT2D eigenvalue weighted by Crippen LogP contribution is 2.35. The van der Waals surface area contributed by atoms with Gasteiger partial charge in [-0.25, -0.2) is 9.97 Å². The molecule has 0 bridgehead atoms. The van der Waals surface area contributed by atoms with Crippen LogP contribution in [0.3, 0.4) is 0 Å². The first-order valence-corrected chi connectivity index (χ1v) is 10.5. The quantitative estimate of drug-likeness (QED) is 0.482. The molecule has 0 saturated carbocycles. The van der Waals surface area contributed by atoms with E-state index >= 15 is 4.39 Å². The fourth-order valence-electron chi connectivity index (χ4n) is 4.21. The van der Waals surface area contributed by atoms with E-state index in [-0.39, 0.29) is 6.04 Å². The monoisotopic (exact) mass is 433 g/mol. The van der Waals surface area contributed by atoms with E-state index in [0.717, 1.165) is 33.5 Å². The van der Waals surface area contributed by atoms with Gasteiger partial charge in [0.25, 0.3) is 0 Å². The fraction of sp³-hybridized carbons (Fsp3) is 0.292. The second-order valence-corrected chi connectivity index (χ2v) is 7.99. The van der Waals surface area contributed by atoms with Crippen molar-refractivity contribution in [2.24, 2.45) is 0 Å². The third kappa shape index (κ3) is 3.56. The van der Waals surface area contributed by atoms with Crippen LogP contribution in [-0.2, 0) is 4.74 Å². The van der Waals surface area contributed by atoms with Crippen LogP contribution in [-0.4, -0.2) is 52.8 Å². The molecule has 0 unspecified atom stereocenters. The number of aromatic amines is 1. The highest BCUT2D eigenvalue weighted by molar-refractivity contribution is 5.94. The summed E-state index contributed by atoms with van der Waals surface area (Å²) < 4.78 is 25.9. The maximum Gasteiger partial charge on any atom is 0.223 e. The average Bonchev–Trinajstić information content (AvgIpc) is 3.27. The summed E-state index contributed by atoms with van der Waals surface area (Å²) in [6.07, 6.45) is 4.96. The van der Waals surface area contributed by atoms with Gasteiger partial charge in [0.2, 0.25) is 5.95 Å². The first-order valence-electron chi connectivity index (χ1n) is 10.5. The first-order chi connectivity index (χ1) is 15.5. The minimum Gasteiger partial charge on any atom is -0.495 e. The number of pyridine rings is 3. The third-order valence-electron chi connectivity index (χ3n) is 5.85. The van der Waals surface area contributed by atoms with E-state index in [9.17, 15) is 0 Å². The molecule has 0 spiro atoms. The number of halogens is 1. The SMILES string of the molecule is COc1cnc(-c2cc(-c3c(F)ncc4[nH]ccc34)nc(N3CCOC[C@H]3C)c2)c(C)c1. The number of H-pyrrole nitrogens is 1. The molecule has 1 N–H and O–H groups in total. The molecule has 0 radical (unpaired) electrons. The molecular formula is C24H24FN5O2. The standard InChI is InChI=1S/C24H24FN5O2/c1-14-8-17(31-3)11-27-23(14)16-9-19(22-18-4-5-26-20(18)12-28-24(22)25)29-21(10-16)30-6-7-32-13-15(30)2/h4-5,8-12,15,26H,6-7,13H2,1-3H3/t15-/m1/s1. The lowest BCUT2D eigenvalue weighted by Crippen LogP contribution is -2.44. The minimum absolute atomic E-state index is 0.148. The molecule has 1 fully saturated rings. The van der Waals surface area contributed by atoms with E-state index in [1.165, 1.54) is 6.20 Å². The Hall–Kier alpha value is -3.52. The molecule has 1 saturated heterocycles. The highest BCUT2D eigenvalue weighted by atomic mass is 19.1. The van der Waals surface area contributed by atoms with E-state index < -0.39 is 5.95 Å². The molecule has 5 rings (SSSR count). The largest absolute Gasteiger partial charge is 0.495 e. The summed E-state index contributed by atoms with van der Waals surface area (Å²) in [5.74, 6) is 0.897. The number of nitrogens with one attached hydrogen (secondary N) is 1. The van der Waals surface area contributed by atoms with E-state index in [1.54, 1.807) is 19.5 Å². The molecule has 0 aromatic carbocycles. The number of nitrogens with zero attached hydrogens (tertiary/aromatic N) is 4. The Morgan fingerprint density at radius 2 is 2.09 bits per heavy atom. The van der Waals surface area contributed by atoms with E-state index in [2.05, 4.69) is 26.8 Å². The maximum absolute atomic E-state index is 15.0. The van der Waals surface area contributed by atoms with Gasteiger partial charge in [0.15, 0.2) is 0 Å². The zero-order valence-electron chi connectivity index (χ0n) is 18.2. The smallest absolute Gasteiger partial charge is 0.223 e. The summed E-state index contributed by atoms with van der Waals surface area (Å²) in [5, 5.41) is 0.738. The van der Waals surface area contributed by atoms with Gasteiger partial charge in [-0.3, -0.25) is 4.98 Å². The first kappa shape index (κ1) is 20.4. The van der Waals surface area contributed by atoms with Gasteiger partial charge in [0, 0.05) is 23.7 Å². The van der Waals surface area contributed by atoms with E-state index in [0.29, 0.717) is 36.8 Å². The minimum atomic E-state index is -0.554. The number of morpholine rings is 1. The normalized spacial score (nSPS) is 16.5. The predicted molar refractivity (Wildman–Crippen MR) is 121 cm³/mol. The second kappa shape index (κ2) is 8.20. The number of aromatic nitrogens is 4. The van der Waals surface area contributed by atoms with Crippen LogP contribution >= 0.6 is 0 Å². The molecule has 32 heavy (non-hydrogen) atoms. The van der Waals surface area contributed by atoms with Gasteiger partial charge in [0.1, 0.15) is 11.6 Å². The fourth-order valence-corrected chi connectivity index (χ4v) is 4.21. The Kier molecular flexibility index (Phi) is 5.22. The molecule has 4 aromatic heterocycles. The Morgan fingerprint density at radius 3 is 2.88 bits per heavy atom. The Balaban J connectivity index is 1.73. The van der Waals surface area contributed by atoms with Crippen LogP contribution in [0.4, 0.5) is 10.2 Å². The van der Waals surface area contributed by atoms with Crippen molar-refractivity contribution >= 4 is 16.7 Å². The molecule has 1 aliphatic heterocycles. The Morgan fingerprint density at radius 1 is 1.22 bits per heavy atom. The van der Waals surface area contributed by atoms with Crippen LogP contribution in [0.2, 0.25) is 0 Å². The lowest BCUT2D eigenvalue weighted by Gasteiger charge is -2.34. The van der Waals surface area contributed by atoms with Gasteiger partial charge in [0.05, 0.1) is 61.2 Å². The van der Waals surface area contributed by atoms with E-state index in [1.807, 2.05) is 31.2 Å². The van der Waals surface area contributed by atoms with Crippen LogP contribution in [0.15, 0.2) is 42.9 Å². The number of hydrogen-bond donors (Lipinski definition) is 1. The lowest BCUT2D eigenvalue weighted by molar-refractivity contribution is 0.0985.